The lowest BCUT2D eigenvalue weighted by Gasteiger charge is -2.12. The molecular formula is C12H16O4S. The van der Waals surface area contributed by atoms with Crippen molar-refractivity contribution in [2.75, 3.05) is 6.26 Å². The minimum atomic E-state index is -1.12. The van der Waals surface area contributed by atoms with E-state index in [4.69, 9.17) is 4.74 Å². The first-order valence-corrected chi connectivity index (χ1v) is 7.14. The molecule has 0 aromatic heterocycles. The van der Waals surface area contributed by atoms with Crippen LogP contribution >= 0.6 is 11.8 Å². The lowest BCUT2D eigenvalue weighted by Crippen LogP contribution is -2.29. The Hall–Kier alpha value is -0.840. The van der Waals surface area contributed by atoms with Gasteiger partial charge in [-0.2, -0.15) is 11.8 Å². The number of esters is 1. The van der Waals surface area contributed by atoms with Crippen LogP contribution in [0, 0.1) is 11.8 Å². The Morgan fingerprint density at radius 1 is 1.47 bits per heavy atom. The van der Waals surface area contributed by atoms with E-state index in [0.717, 1.165) is 12.8 Å². The van der Waals surface area contributed by atoms with Crippen LogP contribution in [0.1, 0.15) is 26.2 Å². The zero-order valence-corrected chi connectivity index (χ0v) is 10.8. The number of Topliss-reactive ketones (excluding diaryl/α,β-unsaturated/α-hetero) is 2. The van der Waals surface area contributed by atoms with E-state index in [1.54, 1.807) is 11.8 Å². The highest BCUT2D eigenvalue weighted by molar-refractivity contribution is 7.99. The Bertz CT molecular complexity index is 362. The van der Waals surface area contributed by atoms with E-state index in [1.807, 2.05) is 13.2 Å². The molecular weight excluding hydrogens is 240 g/mol. The quantitative estimate of drug-likeness (QED) is 0.546. The second-order valence-corrected chi connectivity index (χ2v) is 6.00. The summed E-state index contributed by atoms with van der Waals surface area (Å²) in [5.41, 5.74) is 0. The van der Waals surface area contributed by atoms with E-state index in [1.165, 1.54) is 0 Å². The van der Waals surface area contributed by atoms with Gasteiger partial charge in [0.25, 0.3) is 0 Å². The molecule has 1 saturated carbocycles. The monoisotopic (exact) mass is 256 g/mol. The molecule has 17 heavy (non-hydrogen) atoms. The molecule has 0 radical (unpaired) electrons. The number of hydrogen-bond donors (Lipinski definition) is 0. The van der Waals surface area contributed by atoms with Crippen LogP contribution in [-0.4, -0.2) is 35.1 Å². The molecule has 1 aliphatic heterocycles. The standard InChI is InChI=1S/C12H16O4S/c1-6(17-2)5-8-11(14)9(12(15)16-8)10(13)7-3-4-7/h6-9H,3-5H2,1-2H3. The number of hydrogen-bond acceptors (Lipinski definition) is 5. The van der Waals surface area contributed by atoms with Gasteiger partial charge in [0.15, 0.2) is 23.6 Å². The number of carbonyl (C=O) groups is 3. The summed E-state index contributed by atoms with van der Waals surface area (Å²) in [7, 11) is 0. The molecule has 3 unspecified atom stereocenters. The molecule has 1 aliphatic carbocycles. The molecule has 0 N–H and O–H groups in total. The molecule has 3 atom stereocenters. The SMILES string of the molecule is CSC(C)CC1OC(=O)C(C(=O)C2CC2)C1=O. The van der Waals surface area contributed by atoms with Crippen molar-refractivity contribution in [3.8, 4) is 0 Å². The Labute approximate surface area is 104 Å². The molecule has 2 aliphatic rings. The number of cyclic esters (lactones) is 1. The van der Waals surface area contributed by atoms with Gasteiger partial charge in [-0.05, 0) is 19.1 Å². The number of ketones is 2. The van der Waals surface area contributed by atoms with Crippen molar-refractivity contribution >= 4 is 29.3 Å². The first-order valence-electron chi connectivity index (χ1n) is 5.85. The van der Waals surface area contributed by atoms with Crippen molar-refractivity contribution in [3.63, 3.8) is 0 Å². The predicted molar refractivity (Wildman–Crippen MR) is 63.7 cm³/mol. The molecule has 0 amide bonds. The Morgan fingerprint density at radius 2 is 2.12 bits per heavy atom. The molecule has 1 saturated heterocycles. The molecule has 0 aromatic carbocycles. The topological polar surface area (TPSA) is 60.4 Å². The van der Waals surface area contributed by atoms with Crippen LogP contribution in [0.4, 0.5) is 0 Å². The number of ether oxygens (including phenoxy) is 1. The van der Waals surface area contributed by atoms with Gasteiger partial charge >= 0.3 is 5.97 Å². The maximum absolute atomic E-state index is 12.0. The summed E-state index contributed by atoms with van der Waals surface area (Å²) >= 11 is 1.61. The maximum Gasteiger partial charge on any atom is 0.325 e. The summed E-state index contributed by atoms with van der Waals surface area (Å²) in [5.74, 6) is -2.38. The average molecular weight is 256 g/mol. The van der Waals surface area contributed by atoms with Gasteiger partial charge in [-0.3, -0.25) is 14.4 Å². The van der Waals surface area contributed by atoms with E-state index in [9.17, 15) is 14.4 Å². The van der Waals surface area contributed by atoms with Gasteiger partial charge in [0.05, 0.1) is 0 Å². The fourth-order valence-corrected chi connectivity index (χ4v) is 2.36. The van der Waals surface area contributed by atoms with Gasteiger partial charge in [0.2, 0.25) is 0 Å². The van der Waals surface area contributed by atoms with Crippen molar-refractivity contribution in [1.82, 2.24) is 0 Å². The largest absolute Gasteiger partial charge is 0.453 e. The first kappa shape index (κ1) is 12.6. The molecule has 1 heterocycles. The summed E-state index contributed by atoms with van der Waals surface area (Å²) < 4.78 is 5.04. The summed E-state index contributed by atoms with van der Waals surface area (Å²) in [6.45, 7) is 1.97. The van der Waals surface area contributed by atoms with Crippen LogP contribution in [0.25, 0.3) is 0 Å². The molecule has 0 aromatic rings. The number of thioether (sulfide) groups is 1. The van der Waals surface area contributed by atoms with Crippen LogP contribution < -0.4 is 0 Å². The lowest BCUT2D eigenvalue weighted by atomic mass is 9.94. The molecule has 94 valence electrons. The van der Waals surface area contributed by atoms with Crippen molar-refractivity contribution in [3.05, 3.63) is 0 Å². The highest BCUT2D eigenvalue weighted by atomic mass is 32.2. The van der Waals surface area contributed by atoms with Crippen molar-refractivity contribution in [2.45, 2.75) is 37.5 Å². The highest BCUT2D eigenvalue weighted by Gasteiger charge is 2.51. The second-order valence-electron chi connectivity index (χ2n) is 4.72. The summed E-state index contributed by atoms with van der Waals surface area (Å²) in [6, 6.07) is 0. The van der Waals surface area contributed by atoms with Gasteiger partial charge in [-0.15, -0.1) is 0 Å². The van der Waals surface area contributed by atoms with Crippen LogP contribution in [-0.2, 0) is 19.1 Å². The Kier molecular flexibility index (Phi) is 3.56. The molecule has 2 rings (SSSR count). The maximum atomic E-state index is 12.0. The van der Waals surface area contributed by atoms with Crippen LogP contribution in [0.5, 0.6) is 0 Å². The third-order valence-corrected chi connectivity index (χ3v) is 4.31. The average Bonchev–Trinajstić information content (AvgIpc) is 3.07. The lowest BCUT2D eigenvalue weighted by molar-refractivity contribution is -0.147. The van der Waals surface area contributed by atoms with Crippen molar-refractivity contribution in [2.24, 2.45) is 11.8 Å². The molecule has 0 bridgehead atoms. The van der Waals surface area contributed by atoms with Gasteiger partial charge in [0, 0.05) is 17.6 Å². The van der Waals surface area contributed by atoms with E-state index in [0.29, 0.717) is 6.42 Å². The fraction of sp³-hybridized carbons (Fsp3) is 0.750. The third kappa shape index (κ3) is 2.54. The van der Waals surface area contributed by atoms with E-state index in [-0.39, 0.29) is 22.7 Å². The van der Waals surface area contributed by atoms with Crippen LogP contribution in [0.2, 0.25) is 0 Å². The second kappa shape index (κ2) is 4.80. The van der Waals surface area contributed by atoms with Gasteiger partial charge < -0.3 is 4.74 Å². The molecule has 4 nitrogen and oxygen atoms in total. The van der Waals surface area contributed by atoms with Gasteiger partial charge in [-0.1, -0.05) is 6.92 Å². The smallest absolute Gasteiger partial charge is 0.325 e. The van der Waals surface area contributed by atoms with E-state index < -0.39 is 18.0 Å². The molecule has 0 spiro atoms. The Balaban J connectivity index is 2.02. The minimum absolute atomic E-state index is 0.0757. The summed E-state index contributed by atoms with van der Waals surface area (Å²) in [5, 5.41) is 0.242. The van der Waals surface area contributed by atoms with Crippen molar-refractivity contribution < 1.29 is 19.1 Å². The first-order chi connectivity index (χ1) is 8.04. The summed E-state index contributed by atoms with van der Waals surface area (Å²) in [6.07, 6.45) is 3.35. The molecule has 5 heteroatoms. The van der Waals surface area contributed by atoms with Crippen LogP contribution in [0.3, 0.4) is 0 Å². The number of carbonyl (C=O) groups excluding carboxylic acids is 3. The van der Waals surface area contributed by atoms with Crippen LogP contribution in [0.15, 0.2) is 0 Å². The Morgan fingerprint density at radius 3 is 2.65 bits per heavy atom. The van der Waals surface area contributed by atoms with E-state index >= 15 is 0 Å². The normalized spacial score (nSPS) is 30.2. The van der Waals surface area contributed by atoms with E-state index in [2.05, 4.69) is 0 Å². The van der Waals surface area contributed by atoms with Gasteiger partial charge in [0.1, 0.15) is 0 Å². The minimum Gasteiger partial charge on any atom is -0.453 e. The van der Waals surface area contributed by atoms with Crippen molar-refractivity contribution in [1.29, 1.82) is 0 Å². The zero-order chi connectivity index (χ0) is 12.6. The van der Waals surface area contributed by atoms with Gasteiger partial charge in [-0.25, -0.2) is 0 Å². The summed E-state index contributed by atoms with van der Waals surface area (Å²) in [4.78, 5) is 35.3. The molecule has 2 fully saturated rings. The third-order valence-electron chi connectivity index (χ3n) is 3.31. The number of rotatable bonds is 5. The highest BCUT2D eigenvalue weighted by Crippen LogP contribution is 2.36. The predicted octanol–water partition coefficient (Wildman–Crippen LogP) is 1.22. The zero-order valence-electron chi connectivity index (χ0n) is 9.97. The fourth-order valence-electron chi connectivity index (χ4n) is 1.99.